The molecule has 0 heterocycles. The lowest BCUT2D eigenvalue weighted by molar-refractivity contribution is -0.145. The van der Waals surface area contributed by atoms with Crippen LogP contribution in [0.2, 0.25) is 0 Å². The maximum atomic E-state index is 12.8. The molecule has 0 aromatic rings. The standard InChI is InChI=1S/C20H38N4O7/c1-7-10(4)14(21)18(28)23-15(11(5)25)19(29)22-13(8-9(2)3)17(27)24-16(12(6)26)20(30)31/h9-16,25-26H,7-8,21H2,1-6H3,(H,22,29)(H,23,28)(H,24,27)(H,30,31). The van der Waals surface area contributed by atoms with Gasteiger partial charge in [0.1, 0.15) is 12.1 Å². The number of hydrogen-bond acceptors (Lipinski definition) is 7. The van der Waals surface area contributed by atoms with Crippen molar-refractivity contribution in [1.29, 1.82) is 0 Å². The second-order valence-electron chi connectivity index (χ2n) is 8.39. The zero-order valence-corrected chi connectivity index (χ0v) is 19.1. The summed E-state index contributed by atoms with van der Waals surface area (Å²) in [4.78, 5) is 49.0. The van der Waals surface area contributed by atoms with Crippen LogP contribution in [-0.2, 0) is 19.2 Å². The summed E-state index contributed by atoms with van der Waals surface area (Å²) in [5, 5.41) is 35.8. The van der Waals surface area contributed by atoms with Crippen molar-refractivity contribution < 1.29 is 34.5 Å². The SMILES string of the molecule is CCC(C)C(N)C(=O)NC(C(=O)NC(CC(C)C)C(=O)NC(C(=O)O)C(C)O)C(C)O. The first kappa shape index (κ1) is 28.8. The van der Waals surface area contributed by atoms with Crippen LogP contribution in [0, 0.1) is 11.8 Å². The van der Waals surface area contributed by atoms with Gasteiger partial charge in [-0.25, -0.2) is 4.79 Å². The van der Waals surface area contributed by atoms with Gasteiger partial charge in [0.15, 0.2) is 6.04 Å². The number of aliphatic hydroxyl groups is 2. The molecule has 0 aliphatic rings. The molecule has 0 fully saturated rings. The summed E-state index contributed by atoms with van der Waals surface area (Å²) in [6, 6.07) is -4.94. The first-order chi connectivity index (χ1) is 14.2. The van der Waals surface area contributed by atoms with Gasteiger partial charge in [-0.05, 0) is 32.1 Å². The molecule has 0 radical (unpaired) electrons. The van der Waals surface area contributed by atoms with Gasteiger partial charge in [0.2, 0.25) is 17.7 Å². The van der Waals surface area contributed by atoms with E-state index in [0.717, 1.165) is 0 Å². The van der Waals surface area contributed by atoms with Crippen LogP contribution in [0.1, 0.15) is 54.4 Å². The molecule has 180 valence electrons. The number of amides is 3. The molecule has 0 spiro atoms. The van der Waals surface area contributed by atoms with E-state index in [4.69, 9.17) is 10.8 Å². The van der Waals surface area contributed by atoms with Crippen molar-refractivity contribution in [2.45, 2.75) is 90.8 Å². The van der Waals surface area contributed by atoms with Gasteiger partial charge in [-0.2, -0.15) is 0 Å². The first-order valence-corrected chi connectivity index (χ1v) is 10.5. The summed E-state index contributed by atoms with van der Waals surface area (Å²) in [5.74, 6) is -3.85. The number of hydrogen-bond donors (Lipinski definition) is 7. The van der Waals surface area contributed by atoms with Crippen LogP contribution < -0.4 is 21.7 Å². The third kappa shape index (κ3) is 9.62. The number of carbonyl (C=O) groups excluding carboxylic acids is 3. The molecule has 8 N–H and O–H groups in total. The van der Waals surface area contributed by atoms with E-state index in [2.05, 4.69) is 16.0 Å². The Bertz CT molecular complexity index is 625. The summed E-state index contributed by atoms with van der Waals surface area (Å²) < 4.78 is 0. The second-order valence-corrected chi connectivity index (χ2v) is 8.39. The molecule has 3 amide bonds. The molecule has 7 unspecified atom stereocenters. The molecule has 0 aromatic carbocycles. The van der Waals surface area contributed by atoms with Gasteiger partial charge in [-0.1, -0.05) is 34.1 Å². The number of carbonyl (C=O) groups is 4. The molecule has 31 heavy (non-hydrogen) atoms. The highest BCUT2D eigenvalue weighted by Gasteiger charge is 2.34. The van der Waals surface area contributed by atoms with E-state index in [1.54, 1.807) is 20.8 Å². The van der Waals surface area contributed by atoms with Crippen molar-refractivity contribution in [1.82, 2.24) is 16.0 Å². The summed E-state index contributed by atoms with van der Waals surface area (Å²) in [5.41, 5.74) is 5.88. The van der Waals surface area contributed by atoms with E-state index >= 15 is 0 Å². The number of nitrogens with one attached hydrogen (secondary N) is 3. The minimum absolute atomic E-state index is 0.0516. The highest BCUT2D eigenvalue weighted by atomic mass is 16.4. The zero-order valence-electron chi connectivity index (χ0n) is 19.1. The maximum absolute atomic E-state index is 12.8. The van der Waals surface area contributed by atoms with Crippen LogP contribution in [0.25, 0.3) is 0 Å². The van der Waals surface area contributed by atoms with Gasteiger partial charge < -0.3 is 37.0 Å². The average Bonchev–Trinajstić information content (AvgIpc) is 2.66. The Hall–Kier alpha value is -2.24. The lowest BCUT2D eigenvalue weighted by Gasteiger charge is -2.28. The van der Waals surface area contributed by atoms with E-state index in [1.165, 1.54) is 13.8 Å². The van der Waals surface area contributed by atoms with Gasteiger partial charge in [-0.15, -0.1) is 0 Å². The van der Waals surface area contributed by atoms with E-state index < -0.39 is 60.1 Å². The molecule has 0 saturated carbocycles. The summed E-state index contributed by atoms with van der Waals surface area (Å²) >= 11 is 0. The van der Waals surface area contributed by atoms with Crippen LogP contribution in [0.15, 0.2) is 0 Å². The monoisotopic (exact) mass is 446 g/mol. The maximum Gasteiger partial charge on any atom is 0.328 e. The number of nitrogens with two attached hydrogens (primary N) is 1. The van der Waals surface area contributed by atoms with Crippen molar-refractivity contribution in [3.8, 4) is 0 Å². The molecule has 0 aliphatic carbocycles. The zero-order chi connectivity index (χ0) is 24.5. The molecular formula is C20H38N4O7. The fourth-order valence-corrected chi connectivity index (χ4v) is 2.77. The minimum atomic E-state index is -1.56. The highest BCUT2D eigenvalue weighted by Crippen LogP contribution is 2.09. The fourth-order valence-electron chi connectivity index (χ4n) is 2.77. The van der Waals surface area contributed by atoms with Crippen molar-refractivity contribution >= 4 is 23.7 Å². The van der Waals surface area contributed by atoms with Crippen LogP contribution >= 0.6 is 0 Å². The minimum Gasteiger partial charge on any atom is -0.480 e. The Labute approximate surface area is 183 Å². The molecule has 0 aliphatic heterocycles. The van der Waals surface area contributed by atoms with Gasteiger partial charge in [-0.3, -0.25) is 14.4 Å². The van der Waals surface area contributed by atoms with Crippen molar-refractivity contribution in [3.05, 3.63) is 0 Å². The molecule has 11 nitrogen and oxygen atoms in total. The van der Waals surface area contributed by atoms with Crippen molar-refractivity contribution in [2.75, 3.05) is 0 Å². The van der Waals surface area contributed by atoms with Gasteiger partial charge in [0, 0.05) is 0 Å². The second kappa shape index (κ2) is 13.2. The summed E-state index contributed by atoms with van der Waals surface area (Å²) in [7, 11) is 0. The van der Waals surface area contributed by atoms with Crippen LogP contribution in [0.4, 0.5) is 0 Å². The number of aliphatic hydroxyl groups excluding tert-OH is 2. The number of carboxylic acids is 1. The number of carboxylic acid groups (broad SMARTS) is 1. The fraction of sp³-hybridized carbons (Fsp3) is 0.800. The molecule has 7 atom stereocenters. The Morgan fingerprint density at radius 1 is 0.806 bits per heavy atom. The third-order valence-electron chi connectivity index (χ3n) is 5.01. The first-order valence-electron chi connectivity index (χ1n) is 10.5. The van der Waals surface area contributed by atoms with E-state index in [1.807, 2.05) is 6.92 Å². The Kier molecular flexibility index (Phi) is 12.3. The normalized spacial score (nSPS) is 18.1. The van der Waals surface area contributed by atoms with Gasteiger partial charge in [0.25, 0.3) is 0 Å². The van der Waals surface area contributed by atoms with E-state index in [9.17, 15) is 29.4 Å². The Morgan fingerprint density at radius 2 is 1.29 bits per heavy atom. The number of rotatable bonds is 13. The van der Waals surface area contributed by atoms with Crippen LogP contribution in [0.3, 0.4) is 0 Å². The number of aliphatic carboxylic acids is 1. The predicted octanol–water partition coefficient (Wildman–Crippen LogP) is -1.29. The lowest BCUT2D eigenvalue weighted by Crippen LogP contribution is -2.61. The lowest BCUT2D eigenvalue weighted by atomic mass is 9.98. The van der Waals surface area contributed by atoms with Gasteiger partial charge >= 0.3 is 5.97 Å². The highest BCUT2D eigenvalue weighted by molar-refractivity contribution is 5.94. The molecule has 0 saturated heterocycles. The molecular weight excluding hydrogens is 408 g/mol. The third-order valence-corrected chi connectivity index (χ3v) is 5.01. The van der Waals surface area contributed by atoms with Crippen LogP contribution in [0.5, 0.6) is 0 Å². The molecule has 0 aromatic heterocycles. The smallest absolute Gasteiger partial charge is 0.328 e. The van der Waals surface area contributed by atoms with Crippen molar-refractivity contribution in [2.24, 2.45) is 17.6 Å². The molecule has 0 bridgehead atoms. The molecule has 11 heteroatoms. The van der Waals surface area contributed by atoms with Crippen molar-refractivity contribution in [3.63, 3.8) is 0 Å². The van der Waals surface area contributed by atoms with E-state index in [-0.39, 0.29) is 18.3 Å². The quantitative estimate of drug-likeness (QED) is 0.182. The topological polar surface area (TPSA) is 191 Å². The van der Waals surface area contributed by atoms with E-state index in [0.29, 0.717) is 6.42 Å². The average molecular weight is 447 g/mol. The summed E-state index contributed by atoms with van der Waals surface area (Å²) in [6.07, 6.45) is -1.83. The summed E-state index contributed by atoms with van der Waals surface area (Å²) in [6.45, 7) is 9.78. The van der Waals surface area contributed by atoms with Crippen LogP contribution in [-0.4, -0.2) is 75.4 Å². The predicted molar refractivity (Wildman–Crippen MR) is 114 cm³/mol. The molecule has 0 rings (SSSR count). The largest absolute Gasteiger partial charge is 0.480 e. The Balaban J connectivity index is 5.46. The Morgan fingerprint density at radius 3 is 1.68 bits per heavy atom. The van der Waals surface area contributed by atoms with Gasteiger partial charge in [0.05, 0.1) is 18.2 Å².